The molecule has 1 unspecified atom stereocenters. The molecular weight excluding hydrogens is 276 g/mol. The van der Waals surface area contributed by atoms with Crippen molar-refractivity contribution in [2.75, 3.05) is 11.9 Å². The Hall–Kier alpha value is -2.12. The standard InChI is InChI=1S/C13H20N4O4/c1-3-7-5-8(9(6-7)11(19)20)10(18)14-12-15-13(17-16-12)21-4-2/h7-9H,3-6H2,1-2H3,(H,19,20)(H2,14,15,16,17,18)/t7?,8-,9+/m0/s1. The van der Waals surface area contributed by atoms with Crippen molar-refractivity contribution < 1.29 is 19.4 Å². The van der Waals surface area contributed by atoms with E-state index in [1.165, 1.54) is 0 Å². The number of ether oxygens (including phenoxy) is 1. The van der Waals surface area contributed by atoms with E-state index in [1.807, 2.05) is 6.92 Å². The second kappa shape index (κ2) is 6.55. The van der Waals surface area contributed by atoms with Crippen LogP contribution in [0.4, 0.5) is 5.95 Å². The van der Waals surface area contributed by atoms with Gasteiger partial charge in [-0.3, -0.25) is 14.9 Å². The Kier molecular flexibility index (Phi) is 4.77. The highest BCUT2D eigenvalue weighted by Crippen LogP contribution is 2.38. The lowest BCUT2D eigenvalue weighted by atomic mass is 9.95. The van der Waals surface area contributed by atoms with Crippen LogP contribution in [-0.4, -0.2) is 38.8 Å². The fourth-order valence-electron chi connectivity index (χ4n) is 2.74. The molecule has 1 fully saturated rings. The Morgan fingerprint density at radius 3 is 2.71 bits per heavy atom. The van der Waals surface area contributed by atoms with Crippen molar-refractivity contribution in [2.24, 2.45) is 17.8 Å². The molecule has 0 bridgehead atoms. The number of aromatic amines is 1. The topological polar surface area (TPSA) is 117 Å². The summed E-state index contributed by atoms with van der Waals surface area (Å²) < 4.78 is 5.09. The number of nitrogens with one attached hydrogen (secondary N) is 2. The fraction of sp³-hybridized carbons (Fsp3) is 0.692. The minimum Gasteiger partial charge on any atom is -0.481 e. The van der Waals surface area contributed by atoms with Crippen LogP contribution in [0.15, 0.2) is 0 Å². The Labute approximate surface area is 122 Å². The Balaban J connectivity index is 2.02. The van der Waals surface area contributed by atoms with Gasteiger partial charge in [0.05, 0.1) is 18.4 Å². The SMILES string of the molecule is CCOc1n[nH]c(NC(=O)[C@H]2CC(CC)C[C@H]2C(=O)O)n1. The van der Waals surface area contributed by atoms with E-state index in [-0.39, 0.29) is 23.8 Å². The lowest BCUT2D eigenvalue weighted by molar-refractivity contribution is -0.145. The largest absolute Gasteiger partial charge is 0.481 e. The van der Waals surface area contributed by atoms with Crippen LogP contribution in [-0.2, 0) is 9.59 Å². The van der Waals surface area contributed by atoms with Crippen LogP contribution in [0.25, 0.3) is 0 Å². The third-order valence-corrected chi connectivity index (χ3v) is 3.87. The van der Waals surface area contributed by atoms with Gasteiger partial charge in [-0.1, -0.05) is 13.3 Å². The minimum atomic E-state index is -0.918. The molecule has 2 rings (SSSR count). The first-order valence-corrected chi connectivity index (χ1v) is 7.14. The average Bonchev–Trinajstić information content (AvgIpc) is 3.05. The van der Waals surface area contributed by atoms with Gasteiger partial charge in [-0.2, -0.15) is 4.98 Å². The second-order valence-electron chi connectivity index (χ2n) is 5.19. The number of H-pyrrole nitrogens is 1. The predicted octanol–water partition coefficient (Wildman–Crippen LogP) is 1.28. The first kappa shape index (κ1) is 15.3. The molecule has 8 nitrogen and oxygen atoms in total. The number of hydrogen-bond donors (Lipinski definition) is 3. The summed E-state index contributed by atoms with van der Waals surface area (Å²) >= 11 is 0. The van der Waals surface area contributed by atoms with Crippen LogP contribution in [0, 0.1) is 17.8 Å². The highest BCUT2D eigenvalue weighted by Gasteiger charge is 2.42. The van der Waals surface area contributed by atoms with Crippen LogP contribution in [0.5, 0.6) is 6.01 Å². The van der Waals surface area contributed by atoms with E-state index in [1.54, 1.807) is 6.92 Å². The molecule has 1 aromatic heterocycles. The number of anilines is 1. The molecule has 8 heteroatoms. The van der Waals surface area contributed by atoms with Gasteiger partial charge >= 0.3 is 12.0 Å². The molecular formula is C13H20N4O4. The van der Waals surface area contributed by atoms with Crippen molar-refractivity contribution in [2.45, 2.75) is 33.1 Å². The zero-order valence-electron chi connectivity index (χ0n) is 12.1. The van der Waals surface area contributed by atoms with Crippen molar-refractivity contribution in [3.05, 3.63) is 0 Å². The Morgan fingerprint density at radius 1 is 1.38 bits per heavy atom. The third kappa shape index (κ3) is 3.50. The quantitative estimate of drug-likeness (QED) is 0.728. The zero-order valence-corrected chi connectivity index (χ0v) is 12.1. The summed E-state index contributed by atoms with van der Waals surface area (Å²) in [6.07, 6.45) is 2.01. The maximum Gasteiger partial charge on any atom is 0.337 e. The average molecular weight is 296 g/mol. The molecule has 0 aromatic carbocycles. The van der Waals surface area contributed by atoms with Crippen LogP contribution in [0.3, 0.4) is 0 Å². The van der Waals surface area contributed by atoms with Gasteiger partial charge in [0.25, 0.3) is 0 Å². The Morgan fingerprint density at radius 2 is 2.10 bits per heavy atom. The van der Waals surface area contributed by atoms with Gasteiger partial charge in [0, 0.05) is 0 Å². The third-order valence-electron chi connectivity index (χ3n) is 3.87. The number of carbonyl (C=O) groups is 2. The summed E-state index contributed by atoms with van der Waals surface area (Å²) in [6.45, 7) is 4.23. The minimum absolute atomic E-state index is 0.153. The van der Waals surface area contributed by atoms with E-state index in [0.29, 0.717) is 19.4 Å². The molecule has 3 atom stereocenters. The lowest BCUT2D eigenvalue weighted by Gasteiger charge is -2.13. The van der Waals surface area contributed by atoms with Crippen LogP contribution < -0.4 is 10.1 Å². The first-order chi connectivity index (χ1) is 10.0. The summed E-state index contributed by atoms with van der Waals surface area (Å²) in [7, 11) is 0. The van der Waals surface area contributed by atoms with Crippen LogP contribution >= 0.6 is 0 Å². The van der Waals surface area contributed by atoms with Gasteiger partial charge in [-0.15, -0.1) is 5.10 Å². The van der Waals surface area contributed by atoms with Crippen molar-refractivity contribution in [1.82, 2.24) is 15.2 Å². The molecule has 1 aromatic rings. The van der Waals surface area contributed by atoms with Gasteiger partial charge in [-0.05, 0) is 25.7 Å². The molecule has 0 spiro atoms. The van der Waals surface area contributed by atoms with Gasteiger partial charge in [0.1, 0.15) is 0 Å². The number of nitrogens with zero attached hydrogens (tertiary/aromatic N) is 2. The highest BCUT2D eigenvalue weighted by molar-refractivity contribution is 5.94. The molecule has 3 N–H and O–H groups in total. The first-order valence-electron chi connectivity index (χ1n) is 7.14. The van der Waals surface area contributed by atoms with E-state index in [2.05, 4.69) is 20.5 Å². The summed E-state index contributed by atoms with van der Waals surface area (Å²) in [4.78, 5) is 27.5. The molecule has 1 heterocycles. The number of carbonyl (C=O) groups excluding carboxylic acids is 1. The van der Waals surface area contributed by atoms with E-state index in [0.717, 1.165) is 6.42 Å². The number of rotatable bonds is 6. The molecule has 21 heavy (non-hydrogen) atoms. The zero-order chi connectivity index (χ0) is 15.4. The second-order valence-corrected chi connectivity index (χ2v) is 5.19. The Bertz CT molecular complexity index is 516. The molecule has 1 amide bonds. The van der Waals surface area contributed by atoms with Crippen LogP contribution in [0.1, 0.15) is 33.1 Å². The molecule has 0 radical (unpaired) electrons. The molecule has 0 saturated heterocycles. The van der Waals surface area contributed by atoms with E-state index in [4.69, 9.17) is 4.74 Å². The number of hydrogen-bond acceptors (Lipinski definition) is 5. The predicted molar refractivity (Wildman–Crippen MR) is 73.8 cm³/mol. The maximum atomic E-state index is 12.3. The van der Waals surface area contributed by atoms with Gasteiger partial charge in [0.2, 0.25) is 11.9 Å². The maximum absolute atomic E-state index is 12.3. The van der Waals surface area contributed by atoms with Crippen molar-refractivity contribution in [1.29, 1.82) is 0 Å². The molecule has 1 aliphatic rings. The monoisotopic (exact) mass is 296 g/mol. The molecule has 1 aliphatic carbocycles. The van der Waals surface area contributed by atoms with E-state index in [9.17, 15) is 14.7 Å². The summed E-state index contributed by atoms with van der Waals surface area (Å²) in [6, 6.07) is 0.153. The number of carboxylic acid groups (broad SMARTS) is 1. The van der Waals surface area contributed by atoms with Gasteiger partial charge in [0.15, 0.2) is 0 Å². The number of aromatic nitrogens is 3. The lowest BCUT2D eigenvalue weighted by Crippen LogP contribution is -2.30. The number of amides is 1. The summed E-state index contributed by atoms with van der Waals surface area (Å²) in [5, 5.41) is 18.2. The highest BCUT2D eigenvalue weighted by atomic mass is 16.5. The van der Waals surface area contributed by atoms with E-state index < -0.39 is 17.8 Å². The fourth-order valence-corrected chi connectivity index (χ4v) is 2.74. The van der Waals surface area contributed by atoms with E-state index >= 15 is 0 Å². The number of aliphatic carboxylic acids is 1. The van der Waals surface area contributed by atoms with Crippen LogP contribution in [0.2, 0.25) is 0 Å². The normalized spacial score (nSPS) is 24.8. The smallest absolute Gasteiger partial charge is 0.337 e. The molecule has 116 valence electrons. The molecule has 0 aliphatic heterocycles. The van der Waals surface area contributed by atoms with Gasteiger partial charge < -0.3 is 9.84 Å². The summed E-state index contributed by atoms with van der Waals surface area (Å²) in [5.41, 5.74) is 0. The number of carboxylic acids is 1. The van der Waals surface area contributed by atoms with Gasteiger partial charge in [-0.25, -0.2) is 5.10 Å². The van der Waals surface area contributed by atoms with Crippen molar-refractivity contribution in [3.8, 4) is 6.01 Å². The molecule has 1 saturated carbocycles. The van der Waals surface area contributed by atoms with Crippen molar-refractivity contribution >= 4 is 17.8 Å². The van der Waals surface area contributed by atoms with Crippen molar-refractivity contribution in [3.63, 3.8) is 0 Å². The summed E-state index contributed by atoms with van der Waals surface area (Å²) in [5.74, 6) is -1.98.